The van der Waals surface area contributed by atoms with Crippen molar-refractivity contribution in [1.82, 2.24) is 9.97 Å². The van der Waals surface area contributed by atoms with Crippen molar-refractivity contribution in [3.63, 3.8) is 0 Å². The lowest BCUT2D eigenvalue weighted by Crippen LogP contribution is -2.01. The summed E-state index contributed by atoms with van der Waals surface area (Å²) >= 11 is 0. The van der Waals surface area contributed by atoms with Crippen molar-refractivity contribution in [3.05, 3.63) is 47.5 Å². The van der Waals surface area contributed by atoms with Crippen LogP contribution in [0.25, 0.3) is 22.5 Å². The van der Waals surface area contributed by atoms with Crippen LogP contribution in [0.3, 0.4) is 0 Å². The number of nitrogens with zero attached hydrogens (tertiary/aromatic N) is 2. The summed E-state index contributed by atoms with van der Waals surface area (Å²) in [4.78, 5) is 8.82. The second-order valence-corrected chi connectivity index (χ2v) is 6.23. The lowest BCUT2D eigenvalue weighted by Gasteiger charge is -2.15. The lowest BCUT2D eigenvalue weighted by atomic mass is 10.0. The predicted octanol–water partition coefficient (Wildman–Crippen LogP) is 4.04. The minimum atomic E-state index is 0.205. The number of methoxy groups -OCH3 is 3. The Balaban J connectivity index is 2.17. The molecule has 27 heavy (non-hydrogen) atoms. The Bertz CT molecular complexity index is 961. The molecule has 0 saturated carbocycles. The molecule has 0 aliphatic heterocycles. The smallest absolute Gasteiger partial charge is 0.221 e. The van der Waals surface area contributed by atoms with Crippen molar-refractivity contribution in [2.75, 3.05) is 27.1 Å². The first-order valence-corrected chi connectivity index (χ1v) is 8.49. The van der Waals surface area contributed by atoms with E-state index in [-0.39, 0.29) is 5.95 Å². The number of nitrogen functional groups attached to an aromatic ring is 1. The summed E-state index contributed by atoms with van der Waals surface area (Å²) in [6.45, 7) is 4.12. The average Bonchev–Trinajstić information content (AvgIpc) is 2.66. The Labute approximate surface area is 158 Å². The van der Waals surface area contributed by atoms with E-state index in [2.05, 4.69) is 35.9 Å². The molecule has 3 aromatic rings. The molecule has 2 N–H and O–H groups in total. The summed E-state index contributed by atoms with van der Waals surface area (Å²) in [5.41, 5.74) is 11.6. The van der Waals surface area contributed by atoms with Gasteiger partial charge < -0.3 is 19.9 Å². The molecule has 2 aromatic carbocycles. The molecule has 0 aliphatic rings. The highest BCUT2D eigenvalue weighted by molar-refractivity contribution is 5.74. The second kappa shape index (κ2) is 7.53. The quantitative estimate of drug-likeness (QED) is 0.735. The van der Waals surface area contributed by atoms with Crippen LogP contribution in [0.2, 0.25) is 0 Å². The van der Waals surface area contributed by atoms with Gasteiger partial charge in [-0.05, 0) is 37.6 Å². The molecule has 1 heterocycles. The van der Waals surface area contributed by atoms with E-state index in [0.717, 1.165) is 22.4 Å². The first-order chi connectivity index (χ1) is 13.0. The maximum Gasteiger partial charge on any atom is 0.221 e. The third kappa shape index (κ3) is 3.65. The number of benzene rings is 2. The Morgan fingerprint density at radius 1 is 0.778 bits per heavy atom. The molecular formula is C21H23N3O3. The first kappa shape index (κ1) is 18.5. The molecule has 0 unspecified atom stereocenters. The third-order valence-corrected chi connectivity index (χ3v) is 4.36. The third-order valence-electron chi connectivity index (χ3n) is 4.36. The van der Waals surface area contributed by atoms with Crippen molar-refractivity contribution in [1.29, 1.82) is 0 Å². The molecular weight excluding hydrogens is 342 g/mol. The highest BCUT2D eigenvalue weighted by atomic mass is 16.5. The zero-order valence-electron chi connectivity index (χ0n) is 16.2. The molecule has 0 radical (unpaired) electrons. The zero-order valence-corrected chi connectivity index (χ0v) is 16.2. The van der Waals surface area contributed by atoms with E-state index in [9.17, 15) is 0 Å². The van der Waals surface area contributed by atoms with Crippen LogP contribution in [-0.2, 0) is 0 Å². The van der Waals surface area contributed by atoms with Gasteiger partial charge in [0.1, 0.15) is 0 Å². The van der Waals surface area contributed by atoms with Crippen molar-refractivity contribution >= 4 is 5.95 Å². The van der Waals surface area contributed by atoms with Gasteiger partial charge in [-0.25, -0.2) is 9.97 Å². The standard InChI is InChI=1S/C21H23N3O3/c1-12-6-7-15(13(2)8-12)17-11-16(23-21(22)24-17)14-9-18(25-3)20(27-5)19(10-14)26-4/h6-11H,1-5H3,(H2,22,23,24). The minimum absolute atomic E-state index is 0.205. The molecule has 0 fully saturated rings. The van der Waals surface area contributed by atoms with Gasteiger partial charge in [0.25, 0.3) is 0 Å². The molecule has 6 nitrogen and oxygen atoms in total. The van der Waals surface area contributed by atoms with Crippen molar-refractivity contribution in [2.24, 2.45) is 0 Å². The summed E-state index contributed by atoms with van der Waals surface area (Å²) in [7, 11) is 4.73. The largest absolute Gasteiger partial charge is 0.493 e. The van der Waals surface area contributed by atoms with Crippen LogP contribution >= 0.6 is 0 Å². The minimum Gasteiger partial charge on any atom is -0.493 e. The number of anilines is 1. The van der Waals surface area contributed by atoms with E-state index in [1.807, 2.05) is 24.3 Å². The Morgan fingerprint density at radius 2 is 1.41 bits per heavy atom. The van der Waals surface area contributed by atoms with E-state index in [0.29, 0.717) is 22.9 Å². The normalized spacial score (nSPS) is 10.6. The molecule has 0 atom stereocenters. The van der Waals surface area contributed by atoms with Crippen molar-refractivity contribution in [2.45, 2.75) is 13.8 Å². The van der Waals surface area contributed by atoms with Gasteiger partial charge in [0.05, 0.1) is 32.7 Å². The molecule has 6 heteroatoms. The summed E-state index contributed by atoms with van der Waals surface area (Å²) in [6, 6.07) is 11.8. The topological polar surface area (TPSA) is 79.5 Å². The van der Waals surface area contributed by atoms with Gasteiger partial charge in [-0.3, -0.25) is 0 Å². The monoisotopic (exact) mass is 365 g/mol. The van der Waals surface area contributed by atoms with Crippen LogP contribution in [0.4, 0.5) is 5.95 Å². The fourth-order valence-corrected chi connectivity index (χ4v) is 3.08. The Morgan fingerprint density at radius 3 is 1.96 bits per heavy atom. The number of hydrogen-bond donors (Lipinski definition) is 1. The lowest BCUT2D eigenvalue weighted by molar-refractivity contribution is 0.324. The van der Waals surface area contributed by atoms with Gasteiger partial charge in [0.2, 0.25) is 11.7 Å². The highest BCUT2D eigenvalue weighted by Crippen LogP contribution is 2.41. The van der Waals surface area contributed by atoms with Gasteiger partial charge in [-0.1, -0.05) is 23.8 Å². The molecule has 0 saturated heterocycles. The van der Waals surface area contributed by atoms with E-state index in [1.165, 1.54) is 5.56 Å². The number of ether oxygens (including phenoxy) is 3. The Hall–Kier alpha value is -3.28. The van der Waals surface area contributed by atoms with Crippen LogP contribution in [0, 0.1) is 13.8 Å². The summed E-state index contributed by atoms with van der Waals surface area (Å²) in [5.74, 6) is 1.84. The van der Waals surface area contributed by atoms with Crippen molar-refractivity contribution in [3.8, 4) is 39.8 Å². The molecule has 0 amide bonds. The average molecular weight is 365 g/mol. The molecule has 3 rings (SSSR count). The molecule has 140 valence electrons. The number of aryl methyl sites for hydroxylation is 2. The Kier molecular flexibility index (Phi) is 5.16. The summed E-state index contributed by atoms with van der Waals surface area (Å²) in [5, 5.41) is 0. The van der Waals surface area contributed by atoms with E-state index >= 15 is 0 Å². The van der Waals surface area contributed by atoms with Gasteiger partial charge in [0, 0.05) is 11.1 Å². The predicted molar refractivity (Wildman–Crippen MR) is 106 cm³/mol. The van der Waals surface area contributed by atoms with E-state index in [4.69, 9.17) is 19.9 Å². The fraction of sp³-hybridized carbons (Fsp3) is 0.238. The SMILES string of the molecule is COc1cc(-c2cc(-c3ccc(C)cc3C)nc(N)n2)cc(OC)c1OC. The van der Waals surface area contributed by atoms with Gasteiger partial charge >= 0.3 is 0 Å². The van der Waals surface area contributed by atoms with Gasteiger partial charge in [-0.2, -0.15) is 0 Å². The maximum atomic E-state index is 6.00. The van der Waals surface area contributed by atoms with Gasteiger partial charge in [-0.15, -0.1) is 0 Å². The van der Waals surface area contributed by atoms with Crippen LogP contribution < -0.4 is 19.9 Å². The number of nitrogens with two attached hydrogens (primary N) is 1. The fourth-order valence-electron chi connectivity index (χ4n) is 3.08. The molecule has 0 bridgehead atoms. The highest BCUT2D eigenvalue weighted by Gasteiger charge is 2.16. The molecule has 0 aliphatic carbocycles. The van der Waals surface area contributed by atoms with E-state index < -0.39 is 0 Å². The molecule has 1 aromatic heterocycles. The number of rotatable bonds is 5. The summed E-state index contributed by atoms with van der Waals surface area (Å²) < 4.78 is 16.3. The van der Waals surface area contributed by atoms with Crippen LogP contribution in [0.15, 0.2) is 36.4 Å². The van der Waals surface area contributed by atoms with Crippen LogP contribution in [0.1, 0.15) is 11.1 Å². The zero-order chi connectivity index (χ0) is 19.6. The molecule has 0 spiro atoms. The van der Waals surface area contributed by atoms with Crippen molar-refractivity contribution < 1.29 is 14.2 Å². The summed E-state index contributed by atoms with van der Waals surface area (Å²) in [6.07, 6.45) is 0. The maximum absolute atomic E-state index is 6.00. The number of hydrogen-bond acceptors (Lipinski definition) is 6. The second-order valence-electron chi connectivity index (χ2n) is 6.23. The number of aromatic nitrogens is 2. The van der Waals surface area contributed by atoms with Crippen LogP contribution in [-0.4, -0.2) is 31.3 Å². The van der Waals surface area contributed by atoms with Crippen LogP contribution in [0.5, 0.6) is 17.2 Å². The first-order valence-electron chi connectivity index (χ1n) is 8.49. The van der Waals surface area contributed by atoms with Gasteiger partial charge in [0.15, 0.2) is 11.5 Å². The van der Waals surface area contributed by atoms with E-state index in [1.54, 1.807) is 21.3 Å².